The van der Waals surface area contributed by atoms with Crippen molar-refractivity contribution in [1.29, 1.82) is 0 Å². The minimum Gasteiger partial charge on any atom is -0.325 e. The van der Waals surface area contributed by atoms with Gasteiger partial charge in [-0.3, -0.25) is 4.99 Å². The highest BCUT2D eigenvalue weighted by atomic mass is 35.5. The highest BCUT2D eigenvalue weighted by Gasteiger charge is 2.64. The number of nitrogens with two attached hydrogens (primary N) is 1. The van der Waals surface area contributed by atoms with Gasteiger partial charge in [-0.1, -0.05) is 0 Å². The third-order valence-corrected chi connectivity index (χ3v) is 4.97. The standard InChI is InChI=1S/C11H16N2.ClH/c12-10-3-7-1-8(4-10)11(6-13-11)9(2-7)5-10;/h6-9H,1-5,12H2;1H. The highest BCUT2D eigenvalue weighted by molar-refractivity contribution is 5.86. The van der Waals surface area contributed by atoms with Gasteiger partial charge < -0.3 is 5.73 Å². The lowest BCUT2D eigenvalue weighted by molar-refractivity contribution is -0.0244. The fourth-order valence-electron chi connectivity index (χ4n) is 4.57. The topological polar surface area (TPSA) is 38.4 Å². The summed E-state index contributed by atoms with van der Waals surface area (Å²) in [5, 5.41) is 0. The summed E-state index contributed by atoms with van der Waals surface area (Å²) in [7, 11) is 0. The Kier molecular flexibility index (Phi) is 1.54. The second-order valence-corrected chi connectivity index (χ2v) is 5.85. The third kappa shape index (κ3) is 0.892. The summed E-state index contributed by atoms with van der Waals surface area (Å²) >= 11 is 0. The lowest BCUT2D eigenvalue weighted by Crippen LogP contribution is -2.62. The lowest BCUT2D eigenvalue weighted by Gasteiger charge is -2.58. The van der Waals surface area contributed by atoms with E-state index >= 15 is 0 Å². The van der Waals surface area contributed by atoms with E-state index in [1.165, 1.54) is 32.1 Å². The Balaban J connectivity index is 0.000000640. The molecule has 4 fully saturated rings. The van der Waals surface area contributed by atoms with Gasteiger partial charge in [0.1, 0.15) is 5.54 Å². The van der Waals surface area contributed by atoms with E-state index in [1.54, 1.807) is 0 Å². The smallest absolute Gasteiger partial charge is 0.101 e. The average Bonchev–Trinajstić information content (AvgIpc) is 2.77. The molecule has 4 bridgehead atoms. The van der Waals surface area contributed by atoms with Crippen molar-refractivity contribution < 1.29 is 0 Å². The molecule has 0 radical (unpaired) electrons. The Morgan fingerprint density at radius 2 is 1.71 bits per heavy atom. The number of nitrogens with zero attached hydrogens (tertiary/aromatic N) is 1. The predicted molar refractivity (Wildman–Crippen MR) is 58.9 cm³/mol. The molecule has 2 unspecified atom stereocenters. The summed E-state index contributed by atoms with van der Waals surface area (Å²) in [6.45, 7) is 0. The van der Waals surface area contributed by atoms with Gasteiger partial charge in [-0.2, -0.15) is 0 Å². The zero-order valence-electron chi connectivity index (χ0n) is 8.28. The predicted octanol–water partition coefficient (Wildman–Crippen LogP) is 1.77. The number of hydrogen-bond acceptors (Lipinski definition) is 2. The van der Waals surface area contributed by atoms with E-state index in [0.29, 0.717) is 5.54 Å². The molecule has 0 aromatic heterocycles. The molecule has 0 amide bonds. The molecule has 78 valence electrons. The zero-order valence-corrected chi connectivity index (χ0v) is 9.09. The van der Waals surface area contributed by atoms with Crippen molar-refractivity contribution in [3.05, 3.63) is 0 Å². The van der Waals surface area contributed by atoms with Crippen LogP contribution in [0.2, 0.25) is 0 Å². The molecule has 1 aliphatic heterocycles. The zero-order chi connectivity index (χ0) is 8.68. The molecule has 0 saturated heterocycles. The first-order valence-corrected chi connectivity index (χ1v) is 5.55. The van der Waals surface area contributed by atoms with Gasteiger partial charge in [-0.15, -0.1) is 12.4 Å². The summed E-state index contributed by atoms with van der Waals surface area (Å²) in [5.41, 5.74) is 6.98. The molecule has 3 heteroatoms. The van der Waals surface area contributed by atoms with Gasteiger partial charge in [0.2, 0.25) is 0 Å². The van der Waals surface area contributed by atoms with Crippen LogP contribution in [-0.2, 0) is 0 Å². The van der Waals surface area contributed by atoms with Gasteiger partial charge in [0.15, 0.2) is 0 Å². The Hall–Kier alpha value is -0.0800. The molecule has 0 aromatic carbocycles. The van der Waals surface area contributed by atoms with Crippen molar-refractivity contribution in [2.24, 2.45) is 28.5 Å². The molecule has 14 heavy (non-hydrogen) atoms. The fourth-order valence-corrected chi connectivity index (χ4v) is 4.57. The first kappa shape index (κ1) is 9.17. The number of halogens is 1. The molecular formula is C11H17ClN2. The van der Waals surface area contributed by atoms with Crippen LogP contribution in [0, 0.1) is 17.8 Å². The van der Waals surface area contributed by atoms with Crippen LogP contribution >= 0.6 is 12.4 Å². The molecule has 2 nitrogen and oxygen atoms in total. The second-order valence-electron chi connectivity index (χ2n) is 5.85. The maximum atomic E-state index is 6.41. The monoisotopic (exact) mass is 212 g/mol. The third-order valence-electron chi connectivity index (χ3n) is 4.97. The molecule has 1 heterocycles. The van der Waals surface area contributed by atoms with Gasteiger partial charge >= 0.3 is 0 Å². The SMILES string of the molecule is Cl.NC12CC3CC(C1)C1(C=N1)C(C3)C2. The number of aliphatic imine (C=N–C) groups is 1. The number of hydrogen-bond donors (Lipinski definition) is 1. The Bertz CT molecular complexity index is 288. The quantitative estimate of drug-likeness (QED) is 0.653. The molecule has 4 saturated carbocycles. The minimum absolute atomic E-state index is 0. The largest absolute Gasteiger partial charge is 0.325 e. The number of rotatable bonds is 0. The van der Waals surface area contributed by atoms with E-state index < -0.39 is 0 Å². The minimum atomic E-state index is 0. The summed E-state index contributed by atoms with van der Waals surface area (Å²) in [6, 6.07) is 0. The summed E-state index contributed by atoms with van der Waals surface area (Å²) in [5.74, 6) is 2.59. The maximum absolute atomic E-state index is 6.41. The van der Waals surface area contributed by atoms with Crippen LogP contribution in [0.1, 0.15) is 32.1 Å². The lowest BCUT2D eigenvalue weighted by atomic mass is 9.48. The molecule has 1 spiro atoms. The van der Waals surface area contributed by atoms with E-state index in [4.69, 9.17) is 5.73 Å². The highest BCUT2D eigenvalue weighted by Crippen LogP contribution is 2.62. The van der Waals surface area contributed by atoms with Crippen molar-refractivity contribution in [2.75, 3.05) is 0 Å². The van der Waals surface area contributed by atoms with Gasteiger partial charge in [0.25, 0.3) is 0 Å². The van der Waals surface area contributed by atoms with E-state index in [9.17, 15) is 0 Å². The van der Waals surface area contributed by atoms with Crippen molar-refractivity contribution in [1.82, 2.24) is 0 Å². The molecule has 5 rings (SSSR count). The van der Waals surface area contributed by atoms with Crippen molar-refractivity contribution in [2.45, 2.75) is 43.2 Å². The molecule has 2 atom stereocenters. The van der Waals surface area contributed by atoms with Crippen molar-refractivity contribution in [3.63, 3.8) is 0 Å². The van der Waals surface area contributed by atoms with Crippen LogP contribution in [-0.4, -0.2) is 17.3 Å². The Labute approximate surface area is 90.8 Å². The molecular weight excluding hydrogens is 196 g/mol. The van der Waals surface area contributed by atoms with Crippen LogP contribution in [0.15, 0.2) is 4.99 Å². The van der Waals surface area contributed by atoms with E-state index in [1.807, 2.05) is 0 Å². The first-order valence-electron chi connectivity index (χ1n) is 5.55. The van der Waals surface area contributed by atoms with Crippen molar-refractivity contribution >= 4 is 18.6 Å². The van der Waals surface area contributed by atoms with E-state index in [0.717, 1.165) is 17.8 Å². The second kappa shape index (κ2) is 2.35. The van der Waals surface area contributed by atoms with Gasteiger partial charge in [-0.05, 0) is 49.9 Å². The molecule has 0 aromatic rings. The first-order chi connectivity index (χ1) is 6.20. The molecule has 4 aliphatic carbocycles. The summed E-state index contributed by atoms with van der Waals surface area (Å²) in [4.78, 5) is 4.58. The van der Waals surface area contributed by atoms with Gasteiger partial charge in [-0.25, -0.2) is 0 Å². The Morgan fingerprint density at radius 3 is 2.14 bits per heavy atom. The van der Waals surface area contributed by atoms with Crippen LogP contribution in [0.5, 0.6) is 0 Å². The van der Waals surface area contributed by atoms with Crippen LogP contribution in [0.4, 0.5) is 0 Å². The van der Waals surface area contributed by atoms with Crippen molar-refractivity contribution in [3.8, 4) is 0 Å². The van der Waals surface area contributed by atoms with Crippen LogP contribution in [0.3, 0.4) is 0 Å². The summed E-state index contributed by atoms with van der Waals surface area (Å²) in [6.07, 6.45) is 8.85. The van der Waals surface area contributed by atoms with E-state index in [-0.39, 0.29) is 17.9 Å². The van der Waals surface area contributed by atoms with E-state index in [2.05, 4.69) is 11.2 Å². The van der Waals surface area contributed by atoms with Crippen LogP contribution in [0.25, 0.3) is 0 Å². The maximum Gasteiger partial charge on any atom is 0.101 e. The Morgan fingerprint density at radius 1 is 1.14 bits per heavy atom. The van der Waals surface area contributed by atoms with Gasteiger partial charge in [0, 0.05) is 11.8 Å². The molecule has 2 N–H and O–H groups in total. The molecule has 5 aliphatic rings. The average molecular weight is 213 g/mol. The van der Waals surface area contributed by atoms with Crippen LogP contribution < -0.4 is 5.73 Å². The normalized spacial score (nSPS) is 61.6. The van der Waals surface area contributed by atoms with Gasteiger partial charge in [0.05, 0.1) is 0 Å². The fraction of sp³-hybridized carbons (Fsp3) is 0.909. The summed E-state index contributed by atoms with van der Waals surface area (Å²) < 4.78 is 0.